The largest absolute Gasteiger partial charge is 0.332 e. The van der Waals surface area contributed by atoms with Gasteiger partial charge in [-0.15, -0.1) is 0 Å². The monoisotopic (exact) mass is 392 g/mol. The molecule has 0 saturated carbocycles. The van der Waals surface area contributed by atoms with Crippen molar-refractivity contribution in [2.75, 3.05) is 19.3 Å². The van der Waals surface area contributed by atoms with E-state index >= 15 is 0 Å². The minimum atomic E-state index is -0.524. The number of imide groups is 1. The zero-order valence-electron chi connectivity index (χ0n) is 14.7. The number of hydrogen-bond acceptors (Lipinski definition) is 5. The maximum atomic E-state index is 12.4. The number of hydrogen-bond donors (Lipinski definition) is 1. The Labute approximate surface area is 162 Å². The first-order valence-electron chi connectivity index (χ1n) is 8.38. The van der Waals surface area contributed by atoms with Crippen LogP contribution in [0.3, 0.4) is 0 Å². The summed E-state index contributed by atoms with van der Waals surface area (Å²) in [5.41, 5.74) is 1.25. The van der Waals surface area contributed by atoms with E-state index in [1.165, 1.54) is 10.5 Å². The van der Waals surface area contributed by atoms with Gasteiger partial charge in [-0.1, -0.05) is 59.8 Å². The Morgan fingerprint density at radius 1 is 1.35 bits per heavy atom. The molecule has 3 amide bonds. The van der Waals surface area contributed by atoms with Crippen LogP contribution in [0.15, 0.2) is 46.4 Å². The van der Waals surface area contributed by atoms with Crippen LogP contribution in [0.25, 0.3) is 0 Å². The second kappa shape index (κ2) is 8.14. The highest BCUT2D eigenvalue weighted by atomic mass is 35.5. The van der Waals surface area contributed by atoms with E-state index in [1.54, 1.807) is 25.7 Å². The van der Waals surface area contributed by atoms with Crippen molar-refractivity contribution < 1.29 is 9.59 Å². The SMILES string of the molecule is C/C(Cl)=C/CN1C(SCCc2ccccc2)=NC2C1C(=O)NC(=O)N2C. The van der Waals surface area contributed by atoms with Crippen LogP contribution in [-0.2, 0) is 11.2 Å². The molecule has 2 heterocycles. The van der Waals surface area contributed by atoms with Gasteiger partial charge in [-0.2, -0.15) is 0 Å². The molecule has 2 atom stereocenters. The van der Waals surface area contributed by atoms with Crippen LogP contribution in [-0.4, -0.2) is 58.5 Å². The van der Waals surface area contributed by atoms with Gasteiger partial charge in [0.2, 0.25) is 0 Å². The Balaban J connectivity index is 1.74. The molecule has 0 spiro atoms. The van der Waals surface area contributed by atoms with Crippen LogP contribution < -0.4 is 5.32 Å². The summed E-state index contributed by atoms with van der Waals surface area (Å²) in [5, 5.41) is 3.81. The molecule has 2 aliphatic heterocycles. The summed E-state index contributed by atoms with van der Waals surface area (Å²) < 4.78 is 0. The zero-order valence-corrected chi connectivity index (χ0v) is 16.3. The van der Waals surface area contributed by atoms with Crippen molar-refractivity contribution in [1.29, 1.82) is 0 Å². The number of rotatable bonds is 5. The highest BCUT2D eigenvalue weighted by molar-refractivity contribution is 8.13. The molecule has 8 heteroatoms. The van der Waals surface area contributed by atoms with Crippen molar-refractivity contribution >= 4 is 40.5 Å². The summed E-state index contributed by atoms with van der Waals surface area (Å²) in [6, 6.07) is 9.28. The highest BCUT2D eigenvalue weighted by Crippen LogP contribution is 2.29. The summed E-state index contributed by atoms with van der Waals surface area (Å²) in [4.78, 5) is 32.3. The predicted octanol–water partition coefficient (Wildman–Crippen LogP) is 2.65. The highest BCUT2D eigenvalue weighted by Gasteiger charge is 2.48. The molecule has 0 aromatic heterocycles. The average molecular weight is 393 g/mol. The number of amidine groups is 1. The number of nitrogens with one attached hydrogen (secondary N) is 1. The molecule has 1 aromatic carbocycles. The number of benzene rings is 1. The standard InChI is InChI=1S/C18H21ClN4O2S/c1-12(19)8-10-23-14-15(22(2)17(25)21-16(14)24)20-18(23)26-11-9-13-6-4-3-5-7-13/h3-8,14-15H,9-11H2,1-2H3,(H,21,24,25)/b12-8-. The van der Waals surface area contributed by atoms with E-state index in [1.807, 2.05) is 29.2 Å². The molecular weight excluding hydrogens is 372 g/mol. The molecule has 2 unspecified atom stereocenters. The third kappa shape index (κ3) is 4.04. The number of carbonyl (C=O) groups is 2. The molecule has 1 fully saturated rings. The lowest BCUT2D eigenvalue weighted by atomic mass is 10.1. The molecule has 6 nitrogen and oxygen atoms in total. The van der Waals surface area contributed by atoms with Crippen molar-refractivity contribution in [3.8, 4) is 0 Å². The number of fused-ring (bicyclic) bond motifs is 1. The van der Waals surface area contributed by atoms with Gasteiger partial charge in [-0.3, -0.25) is 10.1 Å². The Hall–Kier alpha value is -1.99. The number of allylic oxidation sites excluding steroid dienone is 1. The minimum absolute atomic E-state index is 0.318. The summed E-state index contributed by atoms with van der Waals surface area (Å²) in [6.45, 7) is 2.27. The Bertz CT molecular complexity index is 749. The van der Waals surface area contributed by atoms with Crippen LogP contribution in [0.1, 0.15) is 12.5 Å². The first-order chi connectivity index (χ1) is 12.5. The lowest BCUT2D eigenvalue weighted by Crippen LogP contribution is -2.63. The van der Waals surface area contributed by atoms with Gasteiger partial charge in [0.05, 0.1) is 0 Å². The summed E-state index contributed by atoms with van der Waals surface area (Å²) in [7, 11) is 1.65. The number of nitrogens with zero attached hydrogens (tertiary/aromatic N) is 3. The number of carbonyl (C=O) groups excluding carboxylic acids is 2. The minimum Gasteiger partial charge on any atom is -0.332 e. The average Bonchev–Trinajstić information content (AvgIpc) is 2.98. The van der Waals surface area contributed by atoms with Crippen LogP contribution in [0.4, 0.5) is 4.79 Å². The smallest absolute Gasteiger partial charge is 0.325 e. The fourth-order valence-corrected chi connectivity index (χ4v) is 4.07. The van der Waals surface area contributed by atoms with Crippen LogP contribution >= 0.6 is 23.4 Å². The van der Waals surface area contributed by atoms with E-state index in [0.717, 1.165) is 17.3 Å². The van der Waals surface area contributed by atoms with Gasteiger partial charge in [0.25, 0.3) is 5.91 Å². The first kappa shape index (κ1) is 18.8. The molecule has 0 bridgehead atoms. The lowest BCUT2D eigenvalue weighted by Gasteiger charge is -2.35. The Kier molecular flexibility index (Phi) is 5.88. The molecule has 3 rings (SSSR count). The van der Waals surface area contributed by atoms with Gasteiger partial charge in [0.1, 0.15) is 0 Å². The van der Waals surface area contributed by atoms with Crippen molar-refractivity contribution in [3.63, 3.8) is 0 Å². The maximum Gasteiger partial charge on any atom is 0.325 e. The van der Waals surface area contributed by atoms with E-state index in [0.29, 0.717) is 11.6 Å². The van der Waals surface area contributed by atoms with Crippen LogP contribution in [0.5, 0.6) is 0 Å². The molecule has 0 radical (unpaired) electrons. The number of amides is 3. The number of thioether (sulfide) groups is 1. The van der Waals surface area contributed by atoms with E-state index < -0.39 is 18.2 Å². The van der Waals surface area contributed by atoms with E-state index in [-0.39, 0.29) is 5.91 Å². The number of halogens is 1. The number of aliphatic imine (C=N–C) groups is 1. The van der Waals surface area contributed by atoms with Gasteiger partial charge < -0.3 is 9.80 Å². The quantitative estimate of drug-likeness (QED) is 0.836. The number of urea groups is 1. The van der Waals surface area contributed by atoms with Crippen molar-refractivity contribution in [3.05, 3.63) is 47.0 Å². The summed E-state index contributed by atoms with van der Waals surface area (Å²) >= 11 is 7.57. The molecule has 1 aromatic rings. The normalized spacial score (nSPS) is 23.0. The van der Waals surface area contributed by atoms with Crippen LogP contribution in [0, 0.1) is 0 Å². The predicted molar refractivity (Wildman–Crippen MR) is 105 cm³/mol. The molecular formula is C18H21ClN4O2S. The Morgan fingerprint density at radius 3 is 2.77 bits per heavy atom. The van der Waals surface area contributed by atoms with E-state index in [4.69, 9.17) is 11.6 Å². The number of likely N-dealkylation sites (N-methyl/N-ethyl adjacent to an activating group) is 1. The van der Waals surface area contributed by atoms with Crippen molar-refractivity contribution in [1.82, 2.24) is 15.1 Å². The first-order valence-corrected chi connectivity index (χ1v) is 9.75. The zero-order chi connectivity index (χ0) is 18.7. The summed E-state index contributed by atoms with van der Waals surface area (Å²) in [6.07, 6.45) is 2.25. The molecule has 138 valence electrons. The lowest BCUT2D eigenvalue weighted by molar-refractivity contribution is -0.126. The van der Waals surface area contributed by atoms with Gasteiger partial charge in [0, 0.05) is 24.4 Å². The van der Waals surface area contributed by atoms with Gasteiger partial charge in [0.15, 0.2) is 17.4 Å². The van der Waals surface area contributed by atoms with Gasteiger partial charge in [-0.25, -0.2) is 9.79 Å². The molecule has 26 heavy (non-hydrogen) atoms. The summed E-state index contributed by atoms with van der Waals surface area (Å²) in [5.74, 6) is 0.517. The second-order valence-corrected chi connectivity index (χ2v) is 7.86. The molecule has 1 saturated heterocycles. The van der Waals surface area contributed by atoms with E-state index in [9.17, 15) is 9.59 Å². The van der Waals surface area contributed by atoms with Gasteiger partial charge >= 0.3 is 6.03 Å². The van der Waals surface area contributed by atoms with Gasteiger partial charge in [-0.05, 0) is 18.9 Å². The topological polar surface area (TPSA) is 65.0 Å². The second-order valence-electron chi connectivity index (χ2n) is 6.20. The Morgan fingerprint density at radius 2 is 2.08 bits per heavy atom. The third-order valence-electron chi connectivity index (χ3n) is 4.36. The molecule has 0 aliphatic carbocycles. The third-order valence-corrected chi connectivity index (χ3v) is 5.52. The fraction of sp³-hybridized carbons (Fsp3) is 0.389. The number of aryl methyl sites for hydroxylation is 1. The maximum absolute atomic E-state index is 12.4. The van der Waals surface area contributed by atoms with Crippen molar-refractivity contribution in [2.24, 2.45) is 4.99 Å². The van der Waals surface area contributed by atoms with Crippen molar-refractivity contribution in [2.45, 2.75) is 25.6 Å². The fourth-order valence-electron chi connectivity index (χ4n) is 2.94. The molecule has 2 aliphatic rings. The molecule has 1 N–H and O–H groups in total. The van der Waals surface area contributed by atoms with E-state index in [2.05, 4.69) is 22.4 Å². The van der Waals surface area contributed by atoms with Crippen LogP contribution in [0.2, 0.25) is 0 Å².